The SMILES string of the molecule is CCOC(=O)c1cnc2ccccc2c1N1C[C@H]2C[C@H](O)[C@@H](O)C[C@H]2C1. The third kappa shape index (κ3) is 2.93. The van der Waals surface area contributed by atoms with Gasteiger partial charge in [-0.05, 0) is 37.7 Å². The second kappa shape index (κ2) is 6.85. The van der Waals surface area contributed by atoms with Crippen LogP contribution < -0.4 is 4.90 Å². The van der Waals surface area contributed by atoms with E-state index in [4.69, 9.17) is 4.74 Å². The highest BCUT2D eigenvalue weighted by atomic mass is 16.5. The fourth-order valence-corrected chi connectivity index (χ4v) is 4.42. The number of hydrogen-bond donors (Lipinski definition) is 2. The molecule has 2 fully saturated rings. The maximum absolute atomic E-state index is 12.5. The molecule has 0 amide bonds. The van der Waals surface area contributed by atoms with Gasteiger partial charge in [0.2, 0.25) is 0 Å². The molecule has 26 heavy (non-hydrogen) atoms. The Hall–Kier alpha value is -2.18. The van der Waals surface area contributed by atoms with Crippen LogP contribution in [0.1, 0.15) is 30.1 Å². The number of aliphatic hydroxyl groups excluding tert-OH is 2. The van der Waals surface area contributed by atoms with Crippen molar-refractivity contribution < 1.29 is 19.7 Å². The first kappa shape index (κ1) is 17.2. The van der Waals surface area contributed by atoms with Gasteiger partial charge in [0, 0.05) is 24.7 Å². The lowest BCUT2D eigenvalue weighted by molar-refractivity contribution is -0.0372. The zero-order valence-corrected chi connectivity index (χ0v) is 14.8. The molecule has 0 spiro atoms. The van der Waals surface area contributed by atoms with Crippen molar-refractivity contribution >= 4 is 22.6 Å². The number of carbonyl (C=O) groups excluding carboxylic acids is 1. The summed E-state index contributed by atoms with van der Waals surface area (Å²) < 4.78 is 5.24. The van der Waals surface area contributed by atoms with Crippen molar-refractivity contribution in [3.8, 4) is 0 Å². The molecule has 1 saturated heterocycles. The predicted octanol–water partition coefficient (Wildman–Crippen LogP) is 1.98. The van der Waals surface area contributed by atoms with Crippen molar-refractivity contribution in [2.24, 2.45) is 11.8 Å². The van der Waals surface area contributed by atoms with Crippen LogP contribution in [0.15, 0.2) is 30.5 Å². The first-order chi connectivity index (χ1) is 12.6. The van der Waals surface area contributed by atoms with Crippen molar-refractivity contribution in [3.05, 3.63) is 36.0 Å². The summed E-state index contributed by atoms with van der Waals surface area (Å²) in [4.78, 5) is 19.1. The number of para-hydroxylation sites is 1. The Labute approximate surface area is 152 Å². The van der Waals surface area contributed by atoms with E-state index in [1.165, 1.54) is 0 Å². The molecule has 1 aliphatic heterocycles. The molecule has 6 nitrogen and oxygen atoms in total. The third-order valence-electron chi connectivity index (χ3n) is 5.67. The van der Waals surface area contributed by atoms with Gasteiger partial charge in [0.1, 0.15) is 5.56 Å². The lowest BCUT2D eigenvalue weighted by Gasteiger charge is -2.31. The number of aromatic nitrogens is 1. The van der Waals surface area contributed by atoms with E-state index in [1.54, 1.807) is 13.1 Å². The number of anilines is 1. The number of carbonyl (C=O) groups is 1. The topological polar surface area (TPSA) is 82.9 Å². The van der Waals surface area contributed by atoms with Crippen molar-refractivity contribution in [1.82, 2.24) is 4.98 Å². The fraction of sp³-hybridized carbons (Fsp3) is 0.500. The van der Waals surface area contributed by atoms with E-state index >= 15 is 0 Å². The first-order valence-electron chi connectivity index (χ1n) is 9.24. The molecule has 1 saturated carbocycles. The highest BCUT2D eigenvalue weighted by molar-refractivity contribution is 6.05. The number of fused-ring (bicyclic) bond motifs is 2. The minimum absolute atomic E-state index is 0.314. The standard InChI is InChI=1S/C20H24N2O4/c1-2-26-20(25)15-9-21-16-6-4-3-5-14(16)19(15)22-10-12-7-17(23)18(24)8-13(12)11-22/h3-6,9,12-13,17-18,23-24H,2,7-8,10-11H2,1H3/t12-,13+,17-,18-/m0/s1. The molecule has 1 aromatic carbocycles. The Morgan fingerprint density at radius 2 is 1.85 bits per heavy atom. The van der Waals surface area contributed by atoms with Gasteiger partial charge in [0.15, 0.2) is 0 Å². The molecular weight excluding hydrogens is 332 g/mol. The van der Waals surface area contributed by atoms with Crippen LogP contribution in [0.4, 0.5) is 5.69 Å². The molecular formula is C20H24N2O4. The fourth-order valence-electron chi connectivity index (χ4n) is 4.42. The monoisotopic (exact) mass is 356 g/mol. The zero-order chi connectivity index (χ0) is 18.3. The van der Waals surface area contributed by atoms with Crippen molar-refractivity contribution in [2.75, 3.05) is 24.6 Å². The Balaban J connectivity index is 1.75. The minimum Gasteiger partial charge on any atom is -0.462 e. The van der Waals surface area contributed by atoms with Crippen LogP contribution >= 0.6 is 0 Å². The summed E-state index contributed by atoms with van der Waals surface area (Å²) in [6.45, 7) is 3.62. The highest BCUT2D eigenvalue weighted by Gasteiger charge is 2.42. The molecule has 1 aromatic heterocycles. The molecule has 2 aromatic rings. The van der Waals surface area contributed by atoms with Crippen molar-refractivity contribution in [1.29, 1.82) is 0 Å². The predicted molar refractivity (Wildman–Crippen MR) is 98.1 cm³/mol. The first-order valence-corrected chi connectivity index (χ1v) is 9.24. The third-order valence-corrected chi connectivity index (χ3v) is 5.67. The molecule has 0 radical (unpaired) electrons. The molecule has 138 valence electrons. The van der Waals surface area contributed by atoms with Gasteiger partial charge in [0.25, 0.3) is 0 Å². The van der Waals surface area contributed by atoms with E-state index in [0.717, 1.165) is 29.7 Å². The second-order valence-corrected chi connectivity index (χ2v) is 7.29. The van der Waals surface area contributed by atoms with E-state index in [9.17, 15) is 15.0 Å². The summed E-state index contributed by atoms with van der Waals surface area (Å²) in [5.74, 6) is 0.265. The zero-order valence-electron chi connectivity index (χ0n) is 14.8. The van der Waals surface area contributed by atoms with E-state index in [-0.39, 0.29) is 5.97 Å². The largest absolute Gasteiger partial charge is 0.462 e. The molecule has 0 bridgehead atoms. The van der Waals surface area contributed by atoms with Crippen LogP contribution in [0.3, 0.4) is 0 Å². The van der Waals surface area contributed by atoms with Crippen LogP contribution in [-0.4, -0.2) is 53.1 Å². The normalized spacial score (nSPS) is 28.2. The van der Waals surface area contributed by atoms with Gasteiger partial charge in [-0.3, -0.25) is 4.98 Å². The van der Waals surface area contributed by atoms with Gasteiger partial charge < -0.3 is 19.8 Å². The number of rotatable bonds is 3. The van der Waals surface area contributed by atoms with Gasteiger partial charge in [-0.1, -0.05) is 18.2 Å². The molecule has 4 rings (SSSR count). The van der Waals surface area contributed by atoms with Gasteiger partial charge in [-0.15, -0.1) is 0 Å². The summed E-state index contributed by atoms with van der Waals surface area (Å²) in [6, 6.07) is 7.79. The molecule has 6 heteroatoms. The number of ether oxygens (including phenoxy) is 1. The average molecular weight is 356 g/mol. The quantitative estimate of drug-likeness (QED) is 0.819. The molecule has 2 aliphatic rings. The summed E-state index contributed by atoms with van der Waals surface area (Å²) in [5, 5.41) is 21.0. The van der Waals surface area contributed by atoms with Crippen LogP contribution in [0.2, 0.25) is 0 Å². The number of aliphatic hydroxyl groups is 2. The van der Waals surface area contributed by atoms with Gasteiger partial charge in [-0.2, -0.15) is 0 Å². The number of esters is 1. The lowest BCUT2D eigenvalue weighted by atomic mass is 9.79. The summed E-state index contributed by atoms with van der Waals surface area (Å²) in [6.07, 6.45) is 1.48. The molecule has 1 aliphatic carbocycles. The van der Waals surface area contributed by atoms with Crippen LogP contribution in [0, 0.1) is 11.8 Å². The molecule has 2 N–H and O–H groups in total. The Kier molecular flexibility index (Phi) is 4.54. The molecule has 4 atom stereocenters. The number of hydrogen-bond acceptors (Lipinski definition) is 6. The number of nitrogens with zero attached hydrogens (tertiary/aromatic N) is 2. The Morgan fingerprint density at radius 1 is 1.19 bits per heavy atom. The Bertz CT molecular complexity index is 807. The summed E-state index contributed by atoms with van der Waals surface area (Å²) in [5.41, 5.74) is 2.17. The lowest BCUT2D eigenvalue weighted by Crippen LogP contribution is -2.38. The smallest absolute Gasteiger partial charge is 0.341 e. The van der Waals surface area contributed by atoms with E-state index in [2.05, 4.69) is 9.88 Å². The Morgan fingerprint density at radius 3 is 2.50 bits per heavy atom. The van der Waals surface area contributed by atoms with Crippen molar-refractivity contribution in [2.45, 2.75) is 32.0 Å². The molecule has 2 heterocycles. The van der Waals surface area contributed by atoms with Crippen molar-refractivity contribution in [3.63, 3.8) is 0 Å². The maximum Gasteiger partial charge on any atom is 0.341 e. The second-order valence-electron chi connectivity index (χ2n) is 7.29. The van der Waals surface area contributed by atoms with Gasteiger partial charge in [0.05, 0.1) is 30.0 Å². The number of pyridine rings is 1. The number of benzene rings is 1. The maximum atomic E-state index is 12.5. The summed E-state index contributed by atoms with van der Waals surface area (Å²) >= 11 is 0. The van der Waals surface area contributed by atoms with E-state index < -0.39 is 12.2 Å². The van der Waals surface area contributed by atoms with E-state index in [1.807, 2.05) is 24.3 Å². The molecule has 0 unspecified atom stereocenters. The minimum atomic E-state index is -0.657. The van der Waals surface area contributed by atoms with Crippen LogP contribution in [-0.2, 0) is 4.74 Å². The highest BCUT2D eigenvalue weighted by Crippen LogP contribution is 2.41. The van der Waals surface area contributed by atoms with Gasteiger partial charge >= 0.3 is 5.97 Å². The van der Waals surface area contributed by atoms with Crippen LogP contribution in [0.25, 0.3) is 10.9 Å². The van der Waals surface area contributed by atoms with Crippen LogP contribution in [0.5, 0.6) is 0 Å². The average Bonchev–Trinajstić information content (AvgIpc) is 3.03. The van der Waals surface area contributed by atoms with E-state index in [0.29, 0.717) is 36.8 Å². The summed E-state index contributed by atoms with van der Waals surface area (Å²) in [7, 11) is 0. The van der Waals surface area contributed by atoms with Gasteiger partial charge in [-0.25, -0.2) is 4.79 Å².